The van der Waals surface area contributed by atoms with E-state index in [9.17, 15) is 0 Å². The van der Waals surface area contributed by atoms with Crippen molar-refractivity contribution in [2.75, 3.05) is 26.2 Å². The summed E-state index contributed by atoms with van der Waals surface area (Å²) in [4.78, 5) is 6.49. The number of hydrogen-bond donors (Lipinski definition) is 1. The van der Waals surface area contributed by atoms with Crippen LogP contribution in [0.4, 0.5) is 0 Å². The summed E-state index contributed by atoms with van der Waals surface area (Å²) in [5.41, 5.74) is 1.28. The van der Waals surface area contributed by atoms with Crippen LogP contribution < -0.4 is 5.32 Å². The van der Waals surface area contributed by atoms with Gasteiger partial charge >= 0.3 is 0 Å². The minimum atomic E-state index is 0. The number of piperazine rings is 1. The second kappa shape index (κ2) is 8.48. The summed E-state index contributed by atoms with van der Waals surface area (Å²) < 4.78 is 0. The van der Waals surface area contributed by atoms with Crippen molar-refractivity contribution >= 4 is 24.8 Å². The number of halogens is 2. The molecule has 0 aromatic carbocycles. The Morgan fingerprint density at radius 3 is 2.35 bits per heavy atom. The van der Waals surface area contributed by atoms with Crippen LogP contribution in [-0.4, -0.2) is 36.1 Å². The van der Waals surface area contributed by atoms with E-state index in [0.29, 0.717) is 6.04 Å². The second-order valence-corrected chi connectivity index (χ2v) is 3.75. The van der Waals surface area contributed by atoms with Gasteiger partial charge in [0.2, 0.25) is 0 Å². The number of rotatable bonds is 3. The van der Waals surface area contributed by atoms with Crippen molar-refractivity contribution in [1.82, 2.24) is 15.2 Å². The molecule has 3 nitrogen and oxygen atoms in total. The summed E-state index contributed by atoms with van der Waals surface area (Å²) in [5, 5.41) is 3.36. The van der Waals surface area contributed by atoms with Crippen molar-refractivity contribution in [3.63, 3.8) is 0 Å². The number of hydrogen-bond acceptors (Lipinski definition) is 3. The maximum Gasteiger partial charge on any atom is 0.0531 e. The van der Waals surface area contributed by atoms with Crippen LogP contribution in [0, 0.1) is 0 Å². The topological polar surface area (TPSA) is 28.2 Å². The zero-order valence-electron chi connectivity index (χ0n) is 9.71. The summed E-state index contributed by atoms with van der Waals surface area (Å²) >= 11 is 0. The lowest BCUT2D eigenvalue weighted by molar-refractivity contribution is 0.203. The van der Waals surface area contributed by atoms with E-state index in [1.165, 1.54) is 5.56 Å². The highest BCUT2D eigenvalue weighted by molar-refractivity contribution is 5.85. The predicted molar refractivity (Wildman–Crippen MR) is 76.1 cm³/mol. The SMILES string of the molecule is C=C[C@@H](c1ccncc1)N1CCNCC1.Cl.Cl. The minimum Gasteiger partial charge on any atom is -0.314 e. The molecule has 1 aromatic heterocycles. The summed E-state index contributed by atoms with van der Waals surface area (Å²) in [6.45, 7) is 8.22. The van der Waals surface area contributed by atoms with E-state index in [1.807, 2.05) is 18.5 Å². The molecule has 1 aliphatic heterocycles. The van der Waals surface area contributed by atoms with E-state index in [4.69, 9.17) is 0 Å². The summed E-state index contributed by atoms with van der Waals surface area (Å²) in [6, 6.07) is 4.46. The molecule has 0 bridgehead atoms. The van der Waals surface area contributed by atoms with Gasteiger partial charge in [-0.1, -0.05) is 6.08 Å². The fourth-order valence-electron chi connectivity index (χ4n) is 2.02. The van der Waals surface area contributed by atoms with Crippen molar-refractivity contribution in [1.29, 1.82) is 0 Å². The van der Waals surface area contributed by atoms with Crippen molar-refractivity contribution in [3.8, 4) is 0 Å². The molecule has 1 fully saturated rings. The maximum absolute atomic E-state index is 4.04. The van der Waals surface area contributed by atoms with E-state index in [-0.39, 0.29) is 24.8 Å². The first-order valence-corrected chi connectivity index (χ1v) is 5.39. The Labute approximate surface area is 115 Å². The van der Waals surface area contributed by atoms with Crippen LogP contribution in [0.5, 0.6) is 0 Å². The summed E-state index contributed by atoms with van der Waals surface area (Å²) in [6.07, 6.45) is 5.70. The van der Waals surface area contributed by atoms with E-state index < -0.39 is 0 Å². The highest BCUT2D eigenvalue weighted by Gasteiger charge is 2.18. The number of nitrogens with zero attached hydrogens (tertiary/aromatic N) is 2. The molecule has 1 atom stereocenters. The molecule has 0 radical (unpaired) electrons. The fraction of sp³-hybridized carbons (Fsp3) is 0.417. The van der Waals surface area contributed by atoms with Crippen LogP contribution in [0.3, 0.4) is 0 Å². The van der Waals surface area contributed by atoms with Crippen LogP contribution in [0.25, 0.3) is 0 Å². The highest BCUT2D eigenvalue weighted by atomic mass is 35.5. The Bertz CT molecular complexity index is 313. The summed E-state index contributed by atoms with van der Waals surface area (Å²) in [5.74, 6) is 0. The lowest BCUT2D eigenvalue weighted by atomic mass is 10.1. The molecule has 0 aliphatic carbocycles. The number of pyridine rings is 1. The monoisotopic (exact) mass is 275 g/mol. The van der Waals surface area contributed by atoms with Gasteiger partial charge in [0, 0.05) is 38.6 Å². The highest BCUT2D eigenvalue weighted by Crippen LogP contribution is 2.20. The first-order chi connectivity index (χ1) is 7.42. The van der Waals surface area contributed by atoms with Crippen molar-refractivity contribution < 1.29 is 0 Å². The molecule has 1 N–H and O–H groups in total. The Morgan fingerprint density at radius 2 is 1.82 bits per heavy atom. The first kappa shape index (κ1) is 16.4. The standard InChI is InChI=1S/C12H17N3.2ClH/c1-2-12(11-3-5-13-6-4-11)15-9-7-14-8-10-15;;/h2-6,12,14H,1,7-10H2;2*1H/t12-;;/m0../s1. The van der Waals surface area contributed by atoms with Gasteiger partial charge < -0.3 is 5.32 Å². The molecule has 2 heterocycles. The van der Waals surface area contributed by atoms with Crippen LogP contribution in [0.1, 0.15) is 11.6 Å². The molecule has 0 spiro atoms. The average molecular weight is 276 g/mol. The van der Waals surface area contributed by atoms with Gasteiger partial charge in [-0.05, 0) is 17.7 Å². The predicted octanol–water partition coefficient (Wildman–Crippen LogP) is 2.06. The van der Waals surface area contributed by atoms with Gasteiger partial charge in [0.25, 0.3) is 0 Å². The zero-order valence-corrected chi connectivity index (χ0v) is 11.3. The molecule has 96 valence electrons. The van der Waals surface area contributed by atoms with Crippen LogP contribution in [0.15, 0.2) is 37.2 Å². The normalized spacial score (nSPS) is 17.4. The molecule has 17 heavy (non-hydrogen) atoms. The van der Waals surface area contributed by atoms with Gasteiger partial charge in [-0.25, -0.2) is 0 Å². The van der Waals surface area contributed by atoms with Gasteiger partial charge in [-0.3, -0.25) is 9.88 Å². The van der Waals surface area contributed by atoms with Gasteiger partial charge in [0.15, 0.2) is 0 Å². The molecule has 1 saturated heterocycles. The molecule has 0 unspecified atom stereocenters. The molecule has 1 aromatic rings. The van der Waals surface area contributed by atoms with E-state index in [1.54, 1.807) is 0 Å². The average Bonchev–Trinajstić information content (AvgIpc) is 2.33. The van der Waals surface area contributed by atoms with Crippen molar-refractivity contribution in [2.24, 2.45) is 0 Å². The van der Waals surface area contributed by atoms with Crippen molar-refractivity contribution in [3.05, 3.63) is 42.7 Å². The Balaban J connectivity index is 0.00000128. The third-order valence-electron chi connectivity index (χ3n) is 2.82. The number of aromatic nitrogens is 1. The fourth-order valence-corrected chi connectivity index (χ4v) is 2.02. The minimum absolute atomic E-state index is 0. The summed E-state index contributed by atoms with van der Waals surface area (Å²) in [7, 11) is 0. The third kappa shape index (κ3) is 4.28. The molecular formula is C12H19Cl2N3. The van der Waals surface area contributed by atoms with E-state index >= 15 is 0 Å². The molecule has 0 amide bonds. The Hall–Kier alpha value is -0.610. The van der Waals surface area contributed by atoms with Gasteiger partial charge in [0.05, 0.1) is 6.04 Å². The van der Waals surface area contributed by atoms with Gasteiger partial charge in [0.1, 0.15) is 0 Å². The van der Waals surface area contributed by atoms with E-state index in [0.717, 1.165) is 26.2 Å². The van der Waals surface area contributed by atoms with Crippen LogP contribution in [-0.2, 0) is 0 Å². The van der Waals surface area contributed by atoms with Crippen LogP contribution >= 0.6 is 24.8 Å². The number of nitrogens with one attached hydrogen (secondary N) is 1. The Morgan fingerprint density at radius 1 is 1.24 bits per heavy atom. The molecular weight excluding hydrogens is 257 g/mol. The largest absolute Gasteiger partial charge is 0.314 e. The van der Waals surface area contributed by atoms with E-state index in [2.05, 4.69) is 33.9 Å². The quantitative estimate of drug-likeness (QED) is 0.856. The van der Waals surface area contributed by atoms with Gasteiger partial charge in [-0.15, -0.1) is 31.4 Å². The smallest absolute Gasteiger partial charge is 0.0531 e. The first-order valence-electron chi connectivity index (χ1n) is 5.39. The lowest BCUT2D eigenvalue weighted by Gasteiger charge is -2.33. The van der Waals surface area contributed by atoms with Crippen LogP contribution in [0.2, 0.25) is 0 Å². The second-order valence-electron chi connectivity index (χ2n) is 3.75. The molecule has 2 rings (SSSR count). The maximum atomic E-state index is 4.04. The zero-order chi connectivity index (χ0) is 10.5. The molecule has 0 saturated carbocycles. The Kier molecular flexibility index (Phi) is 8.17. The third-order valence-corrected chi connectivity index (χ3v) is 2.82. The van der Waals surface area contributed by atoms with Crippen molar-refractivity contribution in [2.45, 2.75) is 6.04 Å². The molecule has 1 aliphatic rings. The lowest BCUT2D eigenvalue weighted by Crippen LogP contribution is -2.44. The van der Waals surface area contributed by atoms with Gasteiger partial charge in [-0.2, -0.15) is 0 Å². The molecule has 5 heteroatoms.